The van der Waals surface area contributed by atoms with Crippen molar-refractivity contribution in [3.8, 4) is 0 Å². The smallest absolute Gasteiger partial charge is 0.321 e. The molecular weight excluding hydrogens is 368 g/mol. The van der Waals surface area contributed by atoms with Gasteiger partial charge in [0.1, 0.15) is 17.8 Å². The summed E-state index contributed by atoms with van der Waals surface area (Å²) >= 11 is 0. The minimum atomic E-state index is -0.0233. The summed E-state index contributed by atoms with van der Waals surface area (Å²) in [5.41, 5.74) is 1.63. The van der Waals surface area contributed by atoms with Gasteiger partial charge >= 0.3 is 6.03 Å². The van der Waals surface area contributed by atoms with Crippen molar-refractivity contribution in [2.45, 2.75) is 32.4 Å². The lowest BCUT2D eigenvalue weighted by atomic mass is 10.0. The zero-order valence-electron chi connectivity index (χ0n) is 16.7. The van der Waals surface area contributed by atoms with E-state index in [9.17, 15) is 4.79 Å². The van der Waals surface area contributed by atoms with Crippen LogP contribution in [0.4, 0.5) is 16.3 Å². The fourth-order valence-corrected chi connectivity index (χ4v) is 4.87. The molecule has 0 bridgehead atoms. The van der Waals surface area contributed by atoms with Gasteiger partial charge in [0, 0.05) is 45.1 Å². The lowest BCUT2D eigenvalue weighted by Crippen LogP contribution is -2.36. The lowest BCUT2D eigenvalue weighted by molar-refractivity contribution is 0.218. The quantitative estimate of drug-likeness (QED) is 0.709. The molecular formula is C20H26N8O. The number of amides is 2. The number of likely N-dealkylation sites (tertiary alicyclic amines) is 1. The second kappa shape index (κ2) is 7.06. The summed E-state index contributed by atoms with van der Waals surface area (Å²) < 4.78 is 1.81. The summed E-state index contributed by atoms with van der Waals surface area (Å²) in [5.74, 6) is 2.05. The predicted octanol–water partition coefficient (Wildman–Crippen LogP) is 2.55. The highest BCUT2D eigenvalue weighted by molar-refractivity contribution is 5.89. The highest BCUT2D eigenvalue weighted by atomic mass is 16.2. The Morgan fingerprint density at radius 1 is 1.31 bits per heavy atom. The normalized spacial score (nSPS) is 23.5. The van der Waals surface area contributed by atoms with Crippen LogP contribution in [0.5, 0.6) is 0 Å². The maximum atomic E-state index is 12.6. The van der Waals surface area contributed by atoms with Gasteiger partial charge < -0.3 is 20.1 Å². The lowest BCUT2D eigenvalue weighted by Gasteiger charge is -2.28. The Labute approximate surface area is 169 Å². The van der Waals surface area contributed by atoms with Gasteiger partial charge in [0.05, 0.1) is 17.3 Å². The number of rotatable bonds is 4. The van der Waals surface area contributed by atoms with Crippen molar-refractivity contribution in [2.24, 2.45) is 11.8 Å². The highest BCUT2D eigenvalue weighted by Crippen LogP contribution is 2.41. The monoisotopic (exact) mass is 394 g/mol. The van der Waals surface area contributed by atoms with Gasteiger partial charge in [-0.3, -0.25) is 4.68 Å². The number of hydrogen-bond acceptors (Lipinski definition) is 5. The first-order chi connectivity index (χ1) is 14.1. The molecule has 9 nitrogen and oxygen atoms in total. The van der Waals surface area contributed by atoms with E-state index in [0.29, 0.717) is 17.9 Å². The summed E-state index contributed by atoms with van der Waals surface area (Å²) in [4.78, 5) is 28.9. The van der Waals surface area contributed by atoms with Crippen LogP contribution in [0.15, 0.2) is 31.0 Å². The molecule has 152 valence electrons. The molecule has 0 aromatic carbocycles. The molecule has 2 aliphatic rings. The third-order valence-corrected chi connectivity index (χ3v) is 6.44. The number of H-pyrrole nitrogens is 1. The molecule has 1 aliphatic heterocycles. The summed E-state index contributed by atoms with van der Waals surface area (Å²) in [5, 5.41) is 8.25. The van der Waals surface area contributed by atoms with Crippen LogP contribution in [0, 0.1) is 11.8 Å². The predicted molar refractivity (Wildman–Crippen MR) is 111 cm³/mol. The van der Waals surface area contributed by atoms with Gasteiger partial charge in [0.25, 0.3) is 0 Å². The summed E-state index contributed by atoms with van der Waals surface area (Å²) in [6, 6.07) is 2.44. The average Bonchev–Trinajstić information content (AvgIpc) is 3.48. The summed E-state index contributed by atoms with van der Waals surface area (Å²) in [7, 11) is 2.12. The minimum absolute atomic E-state index is 0.0233. The minimum Gasteiger partial charge on any atom is -0.356 e. The van der Waals surface area contributed by atoms with Gasteiger partial charge in [0.15, 0.2) is 0 Å². The molecule has 0 radical (unpaired) electrons. The topological polar surface area (TPSA) is 95.0 Å². The van der Waals surface area contributed by atoms with Crippen LogP contribution in [0.3, 0.4) is 0 Å². The van der Waals surface area contributed by atoms with Gasteiger partial charge in [0.2, 0.25) is 0 Å². The largest absolute Gasteiger partial charge is 0.356 e. The van der Waals surface area contributed by atoms with Crippen molar-refractivity contribution in [3.05, 3.63) is 31.0 Å². The number of hydrogen-bond donors (Lipinski definition) is 2. The Kier molecular flexibility index (Phi) is 4.37. The Bertz CT molecular complexity index is 1010. The molecule has 3 aromatic rings. The highest BCUT2D eigenvalue weighted by Gasteiger charge is 2.44. The molecule has 9 heteroatoms. The maximum Gasteiger partial charge on any atom is 0.321 e. The number of nitrogens with one attached hydrogen (secondary N) is 2. The molecule has 29 heavy (non-hydrogen) atoms. The molecule has 2 fully saturated rings. The number of aromatic amines is 1. The first kappa shape index (κ1) is 18.0. The molecule has 5 rings (SSSR count). The Hall–Kier alpha value is -3.10. The van der Waals surface area contributed by atoms with E-state index < -0.39 is 0 Å². The fourth-order valence-electron chi connectivity index (χ4n) is 4.87. The number of nitrogens with zero attached hydrogens (tertiary/aromatic N) is 6. The Morgan fingerprint density at radius 3 is 2.83 bits per heavy atom. The molecule has 2 N–H and O–H groups in total. The molecule has 3 atom stereocenters. The molecule has 1 aliphatic carbocycles. The summed E-state index contributed by atoms with van der Waals surface area (Å²) in [6.07, 6.45) is 9.24. The number of fused-ring (bicyclic) bond motifs is 2. The van der Waals surface area contributed by atoms with E-state index in [4.69, 9.17) is 0 Å². The van der Waals surface area contributed by atoms with Gasteiger partial charge in [-0.1, -0.05) is 0 Å². The van der Waals surface area contributed by atoms with E-state index in [2.05, 4.69) is 37.3 Å². The van der Waals surface area contributed by atoms with Crippen LogP contribution in [0.2, 0.25) is 0 Å². The fraction of sp³-hybridized carbons (Fsp3) is 0.500. The second-order valence-corrected chi connectivity index (χ2v) is 8.11. The van der Waals surface area contributed by atoms with Crippen LogP contribution in [0.1, 0.15) is 19.8 Å². The van der Waals surface area contributed by atoms with Crippen molar-refractivity contribution >= 4 is 28.6 Å². The Morgan fingerprint density at radius 2 is 2.10 bits per heavy atom. The average molecular weight is 394 g/mol. The van der Waals surface area contributed by atoms with Crippen LogP contribution >= 0.6 is 0 Å². The SMILES string of the molecule is CCn1cc(NC(=O)N2CC3CC(N(C)c4ncnc5[nH]ccc45)C[C@H]3C2)cn1. The molecule has 2 amide bonds. The van der Waals surface area contributed by atoms with E-state index in [1.165, 1.54) is 0 Å². The number of aromatic nitrogens is 5. The zero-order chi connectivity index (χ0) is 20.0. The third kappa shape index (κ3) is 3.20. The van der Waals surface area contributed by atoms with Crippen LogP contribution < -0.4 is 10.2 Å². The number of aryl methyl sites for hydroxylation is 1. The van der Waals surface area contributed by atoms with E-state index >= 15 is 0 Å². The van der Waals surface area contributed by atoms with Crippen LogP contribution in [0.25, 0.3) is 11.0 Å². The van der Waals surface area contributed by atoms with Gasteiger partial charge in [-0.25, -0.2) is 14.8 Å². The number of urea groups is 1. The summed E-state index contributed by atoms with van der Waals surface area (Å²) in [6.45, 7) is 4.44. The molecule has 4 heterocycles. The van der Waals surface area contributed by atoms with E-state index in [0.717, 1.165) is 55.0 Å². The Balaban J connectivity index is 1.21. The zero-order valence-corrected chi connectivity index (χ0v) is 16.7. The van der Waals surface area contributed by atoms with Crippen molar-refractivity contribution in [2.75, 3.05) is 30.4 Å². The standard InChI is InChI=1S/C20H26N8O/c1-3-28-11-15(8-24-28)25-20(29)27-9-13-6-16(7-14(13)10-27)26(2)19-17-4-5-21-18(17)22-12-23-19/h4-5,8,11-14,16H,3,6-7,9-10H2,1-2H3,(H,25,29)(H,21,22,23)/t13-,14?,16?/m0/s1. The maximum absolute atomic E-state index is 12.6. The van der Waals surface area contributed by atoms with E-state index in [1.807, 2.05) is 35.0 Å². The van der Waals surface area contributed by atoms with E-state index in [-0.39, 0.29) is 6.03 Å². The van der Waals surface area contributed by atoms with Crippen molar-refractivity contribution < 1.29 is 4.79 Å². The number of anilines is 2. The molecule has 1 saturated carbocycles. The van der Waals surface area contributed by atoms with Crippen molar-refractivity contribution in [1.82, 2.24) is 29.6 Å². The van der Waals surface area contributed by atoms with E-state index in [1.54, 1.807) is 12.5 Å². The van der Waals surface area contributed by atoms with Gasteiger partial charge in [-0.2, -0.15) is 5.10 Å². The molecule has 1 saturated heterocycles. The van der Waals surface area contributed by atoms with Gasteiger partial charge in [-0.15, -0.1) is 0 Å². The molecule has 3 aromatic heterocycles. The second-order valence-electron chi connectivity index (χ2n) is 8.11. The van der Waals surface area contributed by atoms with Crippen molar-refractivity contribution in [3.63, 3.8) is 0 Å². The van der Waals surface area contributed by atoms with Crippen LogP contribution in [-0.2, 0) is 6.54 Å². The molecule has 0 spiro atoms. The number of carbonyl (C=O) groups is 1. The third-order valence-electron chi connectivity index (χ3n) is 6.44. The number of carbonyl (C=O) groups excluding carboxylic acids is 1. The van der Waals surface area contributed by atoms with Crippen molar-refractivity contribution in [1.29, 1.82) is 0 Å². The molecule has 2 unspecified atom stereocenters. The first-order valence-corrected chi connectivity index (χ1v) is 10.2. The van der Waals surface area contributed by atoms with Crippen LogP contribution in [-0.4, -0.2) is 61.8 Å². The first-order valence-electron chi connectivity index (χ1n) is 10.2. The van der Waals surface area contributed by atoms with Gasteiger partial charge in [-0.05, 0) is 37.7 Å².